The van der Waals surface area contributed by atoms with E-state index in [1.54, 1.807) is 13.0 Å². The number of hydrogen-bond acceptors (Lipinski definition) is 3. The maximum Gasteiger partial charge on any atom is 0.373 e. The van der Waals surface area contributed by atoms with Gasteiger partial charge in [0.15, 0.2) is 0 Å². The Morgan fingerprint density at radius 1 is 1.21 bits per heavy atom. The average Bonchev–Trinajstić information content (AvgIpc) is 2.86. The minimum absolute atomic E-state index is 0.232. The molecule has 1 heterocycles. The number of rotatable bonds is 5. The van der Waals surface area contributed by atoms with Crippen LogP contribution < -0.4 is 0 Å². The molecule has 0 bridgehead atoms. The summed E-state index contributed by atoms with van der Waals surface area (Å²) in [4.78, 5) is 14.9. The first-order valence-electron chi connectivity index (χ1n) is 6.33. The van der Waals surface area contributed by atoms with Gasteiger partial charge < -0.3 is 14.5 Å². The van der Waals surface area contributed by atoms with Gasteiger partial charge in [0.2, 0.25) is 5.76 Å². The first-order valence-corrected chi connectivity index (χ1v) is 6.33. The summed E-state index contributed by atoms with van der Waals surface area (Å²) in [5.74, 6) is -0.203. The van der Waals surface area contributed by atoms with Gasteiger partial charge in [-0.1, -0.05) is 12.1 Å². The van der Waals surface area contributed by atoms with Crippen molar-refractivity contribution >= 4 is 22.9 Å². The van der Waals surface area contributed by atoms with Gasteiger partial charge in [-0.15, -0.1) is 0 Å². The number of H-pyrrole nitrogens is 1. The van der Waals surface area contributed by atoms with E-state index in [9.17, 15) is 4.79 Å². The van der Waals surface area contributed by atoms with Crippen LogP contribution in [-0.2, 0) is 14.3 Å². The van der Waals surface area contributed by atoms with E-state index in [4.69, 9.17) is 9.47 Å². The molecule has 0 aliphatic rings. The molecule has 1 N–H and O–H groups in total. The summed E-state index contributed by atoms with van der Waals surface area (Å²) in [6, 6.07) is 7.89. The number of aromatic nitrogens is 1. The smallest absolute Gasteiger partial charge is 0.373 e. The summed E-state index contributed by atoms with van der Waals surface area (Å²) < 4.78 is 10.3. The van der Waals surface area contributed by atoms with Crippen LogP contribution in [0.2, 0.25) is 0 Å². The maximum absolute atomic E-state index is 11.7. The van der Waals surface area contributed by atoms with Crippen LogP contribution in [0.4, 0.5) is 0 Å². The molecule has 4 heteroatoms. The first-order chi connectivity index (χ1) is 9.24. The number of nitrogens with one attached hydrogen (secondary N) is 1. The molecule has 4 nitrogen and oxygen atoms in total. The lowest BCUT2D eigenvalue weighted by Crippen LogP contribution is -2.10. The Bertz CT molecular complexity index is 598. The zero-order valence-electron chi connectivity index (χ0n) is 11.1. The third-order valence-corrected chi connectivity index (χ3v) is 2.65. The second-order valence-corrected chi connectivity index (χ2v) is 3.99. The van der Waals surface area contributed by atoms with Crippen LogP contribution in [0.15, 0.2) is 36.2 Å². The highest BCUT2D eigenvalue weighted by Crippen LogP contribution is 2.17. The minimum atomic E-state index is -0.434. The second-order valence-electron chi connectivity index (χ2n) is 3.99. The van der Waals surface area contributed by atoms with E-state index in [-0.39, 0.29) is 5.76 Å². The number of benzene rings is 1. The molecule has 0 aliphatic heterocycles. The molecule has 0 spiro atoms. The number of hydrogen-bond donors (Lipinski definition) is 1. The van der Waals surface area contributed by atoms with Crippen molar-refractivity contribution in [2.75, 3.05) is 13.2 Å². The van der Waals surface area contributed by atoms with Crippen molar-refractivity contribution in [3.8, 4) is 0 Å². The van der Waals surface area contributed by atoms with Crippen LogP contribution in [-0.4, -0.2) is 24.2 Å². The molecule has 2 aromatic rings. The Balaban J connectivity index is 2.30. The molecule has 0 saturated carbocycles. The molecule has 0 atom stereocenters. The van der Waals surface area contributed by atoms with Crippen molar-refractivity contribution in [3.05, 3.63) is 41.8 Å². The van der Waals surface area contributed by atoms with E-state index in [1.807, 2.05) is 37.4 Å². The van der Waals surface area contributed by atoms with E-state index in [0.29, 0.717) is 13.2 Å². The lowest BCUT2D eigenvalue weighted by atomic mass is 10.1. The highest BCUT2D eigenvalue weighted by atomic mass is 16.6. The highest BCUT2D eigenvalue weighted by molar-refractivity contribution is 5.92. The molecule has 0 amide bonds. The van der Waals surface area contributed by atoms with Gasteiger partial charge in [0.25, 0.3) is 0 Å². The second kappa shape index (κ2) is 6.09. The Morgan fingerprint density at radius 3 is 2.74 bits per heavy atom. The lowest BCUT2D eigenvalue weighted by molar-refractivity contribution is -0.142. The quantitative estimate of drug-likeness (QED) is 0.510. The van der Waals surface area contributed by atoms with Gasteiger partial charge in [-0.2, -0.15) is 0 Å². The average molecular weight is 259 g/mol. The fourth-order valence-corrected chi connectivity index (χ4v) is 1.82. The maximum atomic E-state index is 11.7. The summed E-state index contributed by atoms with van der Waals surface area (Å²) in [7, 11) is 0. The van der Waals surface area contributed by atoms with E-state index >= 15 is 0 Å². The fraction of sp³-hybridized carbons (Fsp3) is 0.267. The number of carbonyl (C=O) groups is 1. The van der Waals surface area contributed by atoms with Crippen molar-refractivity contribution in [3.63, 3.8) is 0 Å². The summed E-state index contributed by atoms with van der Waals surface area (Å²) in [5, 5.41) is 1.13. The van der Waals surface area contributed by atoms with E-state index in [0.717, 1.165) is 16.5 Å². The predicted molar refractivity (Wildman–Crippen MR) is 74.5 cm³/mol. The molecular formula is C15H17NO3. The van der Waals surface area contributed by atoms with Gasteiger partial charge in [0.05, 0.1) is 13.2 Å². The summed E-state index contributed by atoms with van der Waals surface area (Å²) in [6.07, 6.45) is 3.58. The van der Waals surface area contributed by atoms with Gasteiger partial charge in [-0.05, 0) is 43.0 Å². The van der Waals surface area contributed by atoms with Crippen LogP contribution in [0.25, 0.3) is 17.0 Å². The number of carbonyl (C=O) groups excluding carboxylic acids is 1. The van der Waals surface area contributed by atoms with E-state index in [1.165, 1.54) is 0 Å². The molecule has 0 aliphatic carbocycles. The SMILES string of the molecule is CCOC(=O)C(=Cc1ccc2cc[nH]c2c1)OCC. The van der Waals surface area contributed by atoms with Gasteiger partial charge in [0.1, 0.15) is 0 Å². The standard InChI is InChI=1S/C15H17NO3/c1-3-18-14(15(17)19-4-2)10-11-5-6-12-7-8-16-13(12)9-11/h5-10,16H,3-4H2,1-2H3. The molecule has 1 aromatic heterocycles. The number of fused-ring (bicyclic) bond motifs is 1. The highest BCUT2D eigenvalue weighted by Gasteiger charge is 2.11. The Morgan fingerprint density at radius 2 is 2.00 bits per heavy atom. The van der Waals surface area contributed by atoms with Gasteiger partial charge in [0, 0.05) is 11.7 Å². The molecule has 1 aromatic carbocycles. The third kappa shape index (κ3) is 3.16. The normalized spacial score (nSPS) is 11.6. The number of ether oxygens (including phenoxy) is 2. The molecule has 19 heavy (non-hydrogen) atoms. The Hall–Kier alpha value is -2.23. The first kappa shape index (κ1) is 13.2. The molecule has 0 saturated heterocycles. The number of aromatic amines is 1. The molecule has 100 valence electrons. The van der Waals surface area contributed by atoms with Gasteiger partial charge >= 0.3 is 5.97 Å². The Kier molecular flexibility index (Phi) is 4.23. The lowest BCUT2D eigenvalue weighted by Gasteiger charge is -2.07. The molecule has 0 radical (unpaired) electrons. The zero-order valence-corrected chi connectivity index (χ0v) is 11.1. The van der Waals surface area contributed by atoms with Crippen LogP contribution in [0.5, 0.6) is 0 Å². The molecular weight excluding hydrogens is 242 g/mol. The Labute approximate surface area is 112 Å². The van der Waals surface area contributed by atoms with E-state index in [2.05, 4.69) is 4.98 Å². The van der Waals surface area contributed by atoms with Gasteiger partial charge in [-0.3, -0.25) is 0 Å². The minimum Gasteiger partial charge on any atom is -0.487 e. The largest absolute Gasteiger partial charge is 0.487 e. The summed E-state index contributed by atoms with van der Waals surface area (Å²) in [6.45, 7) is 4.36. The topological polar surface area (TPSA) is 51.3 Å². The van der Waals surface area contributed by atoms with Crippen LogP contribution in [0.3, 0.4) is 0 Å². The molecule has 0 fully saturated rings. The van der Waals surface area contributed by atoms with Gasteiger partial charge in [-0.25, -0.2) is 4.79 Å². The van der Waals surface area contributed by atoms with Crippen LogP contribution in [0, 0.1) is 0 Å². The molecule has 0 unspecified atom stereocenters. The van der Waals surface area contributed by atoms with Crippen molar-refractivity contribution in [1.82, 2.24) is 4.98 Å². The van der Waals surface area contributed by atoms with Crippen molar-refractivity contribution in [1.29, 1.82) is 0 Å². The van der Waals surface area contributed by atoms with Crippen LogP contribution >= 0.6 is 0 Å². The van der Waals surface area contributed by atoms with Crippen molar-refractivity contribution in [2.24, 2.45) is 0 Å². The predicted octanol–water partition coefficient (Wildman–Crippen LogP) is 3.11. The van der Waals surface area contributed by atoms with Crippen LogP contribution in [0.1, 0.15) is 19.4 Å². The fourth-order valence-electron chi connectivity index (χ4n) is 1.82. The third-order valence-electron chi connectivity index (χ3n) is 2.65. The molecule has 2 rings (SSSR count). The summed E-state index contributed by atoms with van der Waals surface area (Å²) >= 11 is 0. The van der Waals surface area contributed by atoms with Crippen molar-refractivity contribution < 1.29 is 14.3 Å². The van der Waals surface area contributed by atoms with Crippen molar-refractivity contribution in [2.45, 2.75) is 13.8 Å². The monoisotopic (exact) mass is 259 g/mol. The number of esters is 1. The summed E-state index contributed by atoms with van der Waals surface area (Å²) in [5.41, 5.74) is 1.92. The zero-order chi connectivity index (χ0) is 13.7. The van der Waals surface area contributed by atoms with E-state index < -0.39 is 5.97 Å².